The van der Waals surface area contributed by atoms with Crippen LogP contribution in [-0.4, -0.2) is 25.9 Å². The monoisotopic (exact) mass is 217 g/mol. The van der Waals surface area contributed by atoms with Crippen LogP contribution in [-0.2, 0) is 9.47 Å². The zero-order chi connectivity index (χ0) is 11.4. The van der Waals surface area contributed by atoms with Gasteiger partial charge in [0.15, 0.2) is 0 Å². The Labute approximate surface area is 94.9 Å². The first-order valence-electron chi connectivity index (χ1n) is 5.59. The van der Waals surface area contributed by atoms with Crippen LogP contribution in [0.25, 0.3) is 0 Å². The molecule has 16 heavy (non-hydrogen) atoms. The number of nitrogens with zero attached hydrogens (tertiary/aromatic N) is 1. The molecule has 0 N–H and O–H groups in total. The van der Waals surface area contributed by atoms with Gasteiger partial charge in [0.05, 0.1) is 37.6 Å². The molecule has 3 heteroatoms. The predicted molar refractivity (Wildman–Crippen MR) is 59.7 cm³/mol. The summed E-state index contributed by atoms with van der Waals surface area (Å²) in [6, 6.07) is 7.96. The average Bonchev–Trinajstić information content (AvgIpc) is 2.34. The van der Waals surface area contributed by atoms with E-state index in [0.717, 1.165) is 37.0 Å². The molecule has 1 heterocycles. The largest absolute Gasteiger partial charge is 0.376 e. The summed E-state index contributed by atoms with van der Waals surface area (Å²) in [5.74, 6) is 0. The van der Waals surface area contributed by atoms with Gasteiger partial charge in [-0.3, -0.25) is 0 Å². The van der Waals surface area contributed by atoms with E-state index in [1.165, 1.54) is 5.22 Å². The highest BCUT2D eigenvalue weighted by atomic mass is 16.6. The third-order valence-corrected chi connectivity index (χ3v) is 2.79. The van der Waals surface area contributed by atoms with E-state index in [1.807, 2.05) is 18.2 Å². The van der Waals surface area contributed by atoms with Crippen LogP contribution in [0, 0.1) is 21.8 Å². The van der Waals surface area contributed by atoms with Crippen LogP contribution in [0.5, 0.6) is 0 Å². The SMILES string of the molecule is CCC1COCCO1.N#Cc1cc2ccc1=2. The van der Waals surface area contributed by atoms with Crippen molar-refractivity contribution >= 4 is 0 Å². The molecule has 1 saturated heterocycles. The molecule has 1 fully saturated rings. The Morgan fingerprint density at radius 1 is 1.44 bits per heavy atom. The van der Waals surface area contributed by atoms with Crippen LogP contribution in [0.15, 0.2) is 18.2 Å². The van der Waals surface area contributed by atoms with Crippen LogP contribution in [0.4, 0.5) is 0 Å². The Morgan fingerprint density at radius 2 is 2.31 bits per heavy atom. The van der Waals surface area contributed by atoms with E-state index in [0.29, 0.717) is 6.10 Å². The fraction of sp³-hybridized carbons (Fsp3) is 0.462. The summed E-state index contributed by atoms with van der Waals surface area (Å²) in [5, 5.41) is 10.7. The van der Waals surface area contributed by atoms with Crippen molar-refractivity contribution in [1.82, 2.24) is 0 Å². The minimum atomic E-state index is 0.365. The lowest BCUT2D eigenvalue weighted by Crippen LogP contribution is -2.27. The summed E-state index contributed by atoms with van der Waals surface area (Å²) < 4.78 is 10.5. The third-order valence-electron chi connectivity index (χ3n) is 2.79. The van der Waals surface area contributed by atoms with Gasteiger partial charge >= 0.3 is 0 Å². The van der Waals surface area contributed by atoms with Crippen LogP contribution < -0.4 is 0 Å². The minimum absolute atomic E-state index is 0.365. The normalized spacial score (nSPS) is 20.4. The summed E-state index contributed by atoms with van der Waals surface area (Å²) in [6.07, 6.45) is 1.43. The summed E-state index contributed by atoms with van der Waals surface area (Å²) in [7, 11) is 0. The molecule has 3 rings (SSSR count). The summed E-state index contributed by atoms with van der Waals surface area (Å²) >= 11 is 0. The number of ether oxygens (including phenoxy) is 2. The third kappa shape index (κ3) is 2.24. The number of hydrogen-bond donors (Lipinski definition) is 0. The topological polar surface area (TPSA) is 42.2 Å². The first-order chi connectivity index (χ1) is 7.85. The average molecular weight is 217 g/mol. The van der Waals surface area contributed by atoms with Crippen molar-refractivity contribution in [3.05, 3.63) is 34.2 Å². The van der Waals surface area contributed by atoms with E-state index in [-0.39, 0.29) is 0 Å². The molecule has 0 spiro atoms. The van der Waals surface area contributed by atoms with Gasteiger partial charge in [0, 0.05) is 0 Å². The van der Waals surface area contributed by atoms with Crippen molar-refractivity contribution in [3.8, 4) is 6.07 Å². The summed E-state index contributed by atoms with van der Waals surface area (Å²) in [5.41, 5.74) is 0.836. The Kier molecular flexibility index (Phi) is 3.55. The molecule has 0 saturated carbocycles. The predicted octanol–water partition coefficient (Wildman–Crippen LogP) is 1.97. The lowest BCUT2D eigenvalue weighted by atomic mass is 10.0. The zero-order valence-electron chi connectivity index (χ0n) is 9.40. The van der Waals surface area contributed by atoms with Gasteiger partial charge in [0.2, 0.25) is 0 Å². The van der Waals surface area contributed by atoms with Crippen LogP contribution in [0.1, 0.15) is 18.9 Å². The highest BCUT2D eigenvalue weighted by molar-refractivity contribution is 5.41. The molecule has 0 aromatic carbocycles. The maximum absolute atomic E-state index is 8.32. The molecule has 3 aliphatic rings. The maximum Gasteiger partial charge on any atom is 0.0998 e. The molecule has 0 aromatic heterocycles. The number of hydrogen-bond acceptors (Lipinski definition) is 3. The molecule has 3 nitrogen and oxygen atoms in total. The molecular formula is C13H15NO2. The highest BCUT2D eigenvalue weighted by Crippen LogP contribution is 2.13. The van der Waals surface area contributed by atoms with Crippen molar-refractivity contribution in [2.45, 2.75) is 19.4 Å². The zero-order valence-corrected chi connectivity index (χ0v) is 9.40. The van der Waals surface area contributed by atoms with Gasteiger partial charge in [-0.1, -0.05) is 19.1 Å². The van der Waals surface area contributed by atoms with Crippen molar-refractivity contribution in [1.29, 1.82) is 5.26 Å². The summed E-state index contributed by atoms with van der Waals surface area (Å²) in [4.78, 5) is 0. The standard InChI is InChI=1S/C7H3N.C6H12O2/c8-4-6-3-5-1-2-7(5)6;1-2-6-5-7-3-4-8-6/h1-3H;6H,2-5H2,1H3. The first-order valence-corrected chi connectivity index (χ1v) is 5.59. The molecule has 2 aliphatic carbocycles. The molecule has 0 bridgehead atoms. The Morgan fingerprint density at radius 3 is 2.56 bits per heavy atom. The van der Waals surface area contributed by atoms with Crippen molar-refractivity contribution in [2.75, 3.05) is 19.8 Å². The van der Waals surface area contributed by atoms with Gasteiger partial charge in [-0.05, 0) is 22.9 Å². The van der Waals surface area contributed by atoms with Crippen LogP contribution in [0.3, 0.4) is 0 Å². The smallest absolute Gasteiger partial charge is 0.0998 e. The van der Waals surface area contributed by atoms with E-state index >= 15 is 0 Å². The quantitative estimate of drug-likeness (QED) is 0.733. The molecule has 1 atom stereocenters. The van der Waals surface area contributed by atoms with E-state index in [2.05, 4.69) is 13.0 Å². The summed E-state index contributed by atoms with van der Waals surface area (Å²) in [6.45, 7) is 4.45. The molecule has 0 amide bonds. The van der Waals surface area contributed by atoms with Crippen LogP contribution in [0.2, 0.25) is 0 Å². The maximum atomic E-state index is 8.32. The van der Waals surface area contributed by atoms with Gasteiger partial charge in [-0.2, -0.15) is 5.26 Å². The fourth-order valence-corrected chi connectivity index (χ4v) is 1.65. The molecule has 0 aromatic rings. The minimum Gasteiger partial charge on any atom is -0.376 e. The van der Waals surface area contributed by atoms with E-state index in [1.54, 1.807) is 0 Å². The number of nitriles is 1. The van der Waals surface area contributed by atoms with Crippen molar-refractivity contribution in [2.24, 2.45) is 0 Å². The second kappa shape index (κ2) is 5.11. The Bertz CT molecular complexity index is 484. The lowest BCUT2D eigenvalue weighted by molar-refractivity contribution is -0.0887. The Hall–Kier alpha value is -1.37. The van der Waals surface area contributed by atoms with E-state index in [9.17, 15) is 0 Å². The fourth-order valence-electron chi connectivity index (χ4n) is 1.65. The van der Waals surface area contributed by atoms with E-state index in [4.69, 9.17) is 14.7 Å². The number of rotatable bonds is 1. The molecule has 0 radical (unpaired) electrons. The van der Waals surface area contributed by atoms with Gasteiger partial charge in [-0.25, -0.2) is 0 Å². The molecular weight excluding hydrogens is 202 g/mol. The molecule has 84 valence electrons. The highest BCUT2D eigenvalue weighted by Gasteiger charge is 2.10. The molecule has 1 unspecified atom stereocenters. The van der Waals surface area contributed by atoms with Gasteiger partial charge < -0.3 is 9.47 Å². The molecule has 1 aliphatic heterocycles. The first kappa shape index (κ1) is 11.1. The lowest BCUT2D eigenvalue weighted by Gasteiger charge is -2.20. The van der Waals surface area contributed by atoms with E-state index < -0.39 is 0 Å². The Balaban J connectivity index is 0.000000120. The number of benzene rings is 1. The van der Waals surface area contributed by atoms with Gasteiger partial charge in [0.25, 0.3) is 0 Å². The van der Waals surface area contributed by atoms with Crippen molar-refractivity contribution < 1.29 is 9.47 Å². The van der Waals surface area contributed by atoms with Crippen LogP contribution >= 0.6 is 0 Å². The second-order valence-corrected chi connectivity index (χ2v) is 3.85. The van der Waals surface area contributed by atoms with Crippen molar-refractivity contribution in [3.63, 3.8) is 0 Å². The van der Waals surface area contributed by atoms with Gasteiger partial charge in [0.1, 0.15) is 0 Å². The van der Waals surface area contributed by atoms with Gasteiger partial charge in [-0.15, -0.1) is 0 Å². The second-order valence-electron chi connectivity index (χ2n) is 3.85.